The minimum Gasteiger partial charge on any atom is -0.377 e. The molecular weight excluding hydrogens is 142 g/mol. The minimum atomic E-state index is -0.560. The van der Waals surface area contributed by atoms with Gasteiger partial charge in [0, 0.05) is 7.11 Å². The summed E-state index contributed by atoms with van der Waals surface area (Å²) in [6.07, 6.45) is 3.81. The van der Waals surface area contributed by atoms with Gasteiger partial charge in [0.25, 0.3) is 0 Å². The fourth-order valence-electron chi connectivity index (χ4n) is 1.56. The Bertz CT molecular complexity index is 150. The van der Waals surface area contributed by atoms with Crippen LogP contribution in [0.25, 0.3) is 0 Å². The summed E-state index contributed by atoms with van der Waals surface area (Å²) in [4.78, 5) is 11.3. The van der Waals surface area contributed by atoms with Gasteiger partial charge in [-0.3, -0.25) is 4.79 Å². The summed E-state index contributed by atoms with van der Waals surface area (Å²) < 4.78 is 4.75. The molecule has 64 valence electrons. The maximum Gasteiger partial charge on any atom is 0.178 e. The van der Waals surface area contributed by atoms with Crippen LogP contribution in [0.1, 0.15) is 25.7 Å². The van der Waals surface area contributed by atoms with Gasteiger partial charge < -0.3 is 10.5 Å². The van der Waals surface area contributed by atoms with Crippen molar-refractivity contribution in [1.82, 2.24) is 0 Å². The van der Waals surface area contributed by atoms with E-state index in [2.05, 4.69) is 0 Å². The first-order valence-electron chi connectivity index (χ1n) is 4.00. The van der Waals surface area contributed by atoms with Crippen molar-refractivity contribution in [2.75, 3.05) is 13.7 Å². The molecule has 0 aromatic carbocycles. The Morgan fingerprint density at radius 2 is 2.09 bits per heavy atom. The largest absolute Gasteiger partial charge is 0.377 e. The van der Waals surface area contributed by atoms with Crippen LogP contribution < -0.4 is 5.73 Å². The van der Waals surface area contributed by atoms with Crippen molar-refractivity contribution in [3.05, 3.63) is 0 Å². The molecule has 1 aliphatic carbocycles. The molecule has 1 aliphatic rings. The van der Waals surface area contributed by atoms with E-state index in [0.29, 0.717) is 0 Å². The number of methoxy groups -OCH3 is 1. The van der Waals surface area contributed by atoms with Crippen LogP contribution in [0.3, 0.4) is 0 Å². The van der Waals surface area contributed by atoms with Gasteiger partial charge >= 0.3 is 0 Å². The van der Waals surface area contributed by atoms with Crippen molar-refractivity contribution < 1.29 is 9.53 Å². The summed E-state index contributed by atoms with van der Waals surface area (Å²) in [6.45, 7) is 0.163. The Morgan fingerprint density at radius 1 is 1.55 bits per heavy atom. The molecule has 3 nitrogen and oxygen atoms in total. The average Bonchev–Trinajstić information content (AvgIpc) is 2.38. The van der Waals surface area contributed by atoms with E-state index in [-0.39, 0.29) is 12.4 Å². The third-order valence-corrected chi connectivity index (χ3v) is 2.33. The molecule has 0 aromatic rings. The highest BCUT2D eigenvalue weighted by Crippen LogP contribution is 2.27. The second kappa shape index (κ2) is 3.32. The predicted octanol–water partition coefficient (Wildman–Crippen LogP) is 0.473. The number of nitrogens with two attached hydrogens (primary N) is 1. The van der Waals surface area contributed by atoms with E-state index in [1.54, 1.807) is 0 Å². The normalized spacial score (nSPS) is 22.0. The van der Waals surface area contributed by atoms with Crippen molar-refractivity contribution in [3.63, 3.8) is 0 Å². The molecule has 0 spiro atoms. The number of rotatable bonds is 3. The van der Waals surface area contributed by atoms with E-state index in [1.807, 2.05) is 0 Å². The molecule has 1 fully saturated rings. The van der Waals surface area contributed by atoms with Crippen molar-refractivity contribution in [2.45, 2.75) is 31.2 Å². The lowest BCUT2D eigenvalue weighted by Crippen LogP contribution is -2.47. The SMILES string of the molecule is COCC(=O)C1(N)CCCC1. The van der Waals surface area contributed by atoms with Gasteiger partial charge in [-0.15, -0.1) is 0 Å². The van der Waals surface area contributed by atoms with Crippen molar-refractivity contribution in [1.29, 1.82) is 0 Å². The molecule has 2 N–H and O–H groups in total. The van der Waals surface area contributed by atoms with Crippen LogP contribution in [0.5, 0.6) is 0 Å². The van der Waals surface area contributed by atoms with Crippen molar-refractivity contribution in [3.8, 4) is 0 Å². The molecule has 0 atom stereocenters. The van der Waals surface area contributed by atoms with E-state index in [9.17, 15) is 4.79 Å². The fraction of sp³-hybridized carbons (Fsp3) is 0.875. The van der Waals surface area contributed by atoms with E-state index >= 15 is 0 Å². The standard InChI is InChI=1S/C8H15NO2/c1-11-6-7(10)8(9)4-2-3-5-8/h2-6,9H2,1H3. The van der Waals surface area contributed by atoms with E-state index in [1.165, 1.54) is 7.11 Å². The fourth-order valence-corrected chi connectivity index (χ4v) is 1.56. The smallest absolute Gasteiger partial charge is 0.178 e. The van der Waals surface area contributed by atoms with Crippen LogP contribution in [0.4, 0.5) is 0 Å². The van der Waals surface area contributed by atoms with Crippen LogP contribution in [-0.4, -0.2) is 25.0 Å². The first kappa shape index (κ1) is 8.68. The summed E-state index contributed by atoms with van der Waals surface area (Å²) in [5.74, 6) is 0.0532. The Morgan fingerprint density at radius 3 is 2.55 bits per heavy atom. The van der Waals surface area contributed by atoms with Gasteiger partial charge in [-0.25, -0.2) is 0 Å². The number of ketones is 1. The number of carbonyl (C=O) groups excluding carboxylic acids is 1. The van der Waals surface area contributed by atoms with E-state index in [4.69, 9.17) is 10.5 Å². The number of hydrogen-bond acceptors (Lipinski definition) is 3. The van der Waals surface area contributed by atoms with E-state index in [0.717, 1.165) is 25.7 Å². The Kier molecular flexibility index (Phi) is 2.62. The summed E-state index contributed by atoms with van der Waals surface area (Å²) in [5, 5.41) is 0. The molecule has 1 rings (SSSR count). The quantitative estimate of drug-likeness (QED) is 0.648. The second-order valence-electron chi connectivity index (χ2n) is 3.22. The van der Waals surface area contributed by atoms with Gasteiger partial charge in [-0.1, -0.05) is 12.8 Å². The monoisotopic (exact) mass is 157 g/mol. The molecule has 3 heteroatoms. The number of ether oxygens (including phenoxy) is 1. The highest BCUT2D eigenvalue weighted by atomic mass is 16.5. The Balaban J connectivity index is 2.49. The van der Waals surface area contributed by atoms with Crippen molar-refractivity contribution in [2.24, 2.45) is 5.73 Å². The van der Waals surface area contributed by atoms with Gasteiger partial charge in [-0.05, 0) is 12.8 Å². The molecule has 0 amide bonds. The van der Waals surface area contributed by atoms with Gasteiger partial charge in [0.2, 0.25) is 0 Å². The topological polar surface area (TPSA) is 52.3 Å². The molecular formula is C8H15NO2. The maximum absolute atomic E-state index is 11.3. The van der Waals surface area contributed by atoms with Crippen LogP contribution >= 0.6 is 0 Å². The molecule has 0 aliphatic heterocycles. The van der Waals surface area contributed by atoms with Gasteiger partial charge in [0.05, 0.1) is 5.54 Å². The van der Waals surface area contributed by atoms with Gasteiger partial charge in [-0.2, -0.15) is 0 Å². The lowest BCUT2D eigenvalue weighted by Gasteiger charge is -2.20. The Hall–Kier alpha value is -0.410. The minimum absolute atomic E-state index is 0.0532. The third-order valence-electron chi connectivity index (χ3n) is 2.33. The molecule has 0 heterocycles. The molecule has 11 heavy (non-hydrogen) atoms. The van der Waals surface area contributed by atoms with Crippen LogP contribution in [0.15, 0.2) is 0 Å². The van der Waals surface area contributed by atoms with Gasteiger partial charge in [0.1, 0.15) is 6.61 Å². The molecule has 0 aromatic heterocycles. The number of Topliss-reactive ketones (excluding diaryl/α,β-unsaturated/α-hetero) is 1. The van der Waals surface area contributed by atoms with Crippen molar-refractivity contribution >= 4 is 5.78 Å². The highest BCUT2D eigenvalue weighted by Gasteiger charge is 2.36. The summed E-state index contributed by atoms with van der Waals surface area (Å²) in [7, 11) is 1.52. The zero-order valence-electron chi connectivity index (χ0n) is 6.93. The van der Waals surface area contributed by atoms with Gasteiger partial charge in [0.15, 0.2) is 5.78 Å². The predicted molar refractivity (Wildman–Crippen MR) is 42.3 cm³/mol. The Labute approximate surface area is 66.9 Å². The second-order valence-corrected chi connectivity index (χ2v) is 3.22. The first-order valence-corrected chi connectivity index (χ1v) is 4.00. The molecule has 0 unspecified atom stereocenters. The molecule has 1 saturated carbocycles. The molecule has 0 radical (unpaired) electrons. The third kappa shape index (κ3) is 1.79. The number of hydrogen-bond donors (Lipinski definition) is 1. The summed E-state index contributed by atoms with van der Waals surface area (Å²) in [5.41, 5.74) is 5.30. The average molecular weight is 157 g/mol. The zero-order chi connectivity index (χ0) is 8.32. The van der Waals surface area contributed by atoms with E-state index < -0.39 is 5.54 Å². The zero-order valence-corrected chi connectivity index (χ0v) is 6.93. The maximum atomic E-state index is 11.3. The van der Waals surface area contributed by atoms with Crippen LogP contribution in [0, 0.1) is 0 Å². The highest BCUT2D eigenvalue weighted by molar-refractivity contribution is 5.89. The van der Waals surface area contributed by atoms with Crippen LogP contribution in [0.2, 0.25) is 0 Å². The summed E-state index contributed by atoms with van der Waals surface area (Å²) >= 11 is 0. The summed E-state index contributed by atoms with van der Waals surface area (Å²) in [6, 6.07) is 0. The molecule has 0 saturated heterocycles. The molecule has 0 bridgehead atoms. The lowest BCUT2D eigenvalue weighted by atomic mass is 9.94. The van der Waals surface area contributed by atoms with Crippen LogP contribution in [-0.2, 0) is 9.53 Å². The first-order chi connectivity index (χ1) is 5.19. The number of carbonyl (C=O) groups is 1. The lowest BCUT2D eigenvalue weighted by molar-refractivity contribution is -0.127.